The van der Waals surface area contributed by atoms with Crippen LogP contribution < -0.4 is 0 Å². The molecule has 0 bridgehead atoms. The van der Waals surface area contributed by atoms with Crippen molar-refractivity contribution in [2.75, 3.05) is 0 Å². The van der Waals surface area contributed by atoms with Gasteiger partial charge in [0.1, 0.15) is 5.25 Å². The predicted molar refractivity (Wildman–Crippen MR) is 78.0 cm³/mol. The Balaban J connectivity index is 2.08. The van der Waals surface area contributed by atoms with Gasteiger partial charge in [0.05, 0.1) is 0 Å². The van der Waals surface area contributed by atoms with E-state index in [2.05, 4.69) is 15.9 Å². The van der Waals surface area contributed by atoms with Crippen LogP contribution in [0, 0.1) is 5.92 Å². The lowest BCUT2D eigenvalue weighted by Crippen LogP contribution is -2.28. The molecule has 18 heavy (non-hydrogen) atoms. The molecule has 0 heterocycles. The summed E-state index contributed by atoms with van der Waals surface area (Å²) in [5.74, 6) is -0.355. The highest BCUT2D eigenvalue weighted by molar-refractivity contribution is 9.10. The van der Waals surface area contributed by atoms with Crippen molar-refractivity contribution in [3.05, 3.63) is 28.7 Å². The highest BCUT2D eigenvalue weighted by Gasteiger charge is 2.30. The topological polar surface area (TPSA) is 37.3 Å². The molecule has 1 aliphatic carbocycles. The number of benzene rings is 1. The van der Waals surface area contributed by atoms with E-state index in [1.54, 1.807) is 0 Å². The number of carbonyl (C=O) groups is 1. The summed E-state index contributed by atoms with van der Waals surface area (Å²) >= 11 is 4.91. The molecule has 1 N–H and O–H groups in total. The summed E-state index contributed by atoms with van der Waals surface area (Å²) in [6.45, 7) is 0. The summed E-state index contributed by atoms with van der Waals surface area (Å²) in [4.78, 5) is 12.5. The van der Waals surface area contributed by atoms with E-state index < -0.39 is 5.97 Å². The van der Waals surface area contributed by atoms with E-state index in [1.807, 2.05) is 24.3 Å². The second-order valence-corrected chi connectivity index (χ2v) is 6.86. The second-order valence-electron chi connectivity index (χ2n) is 4.73. The van der Waals surface area contributed by atoms with Crippen molar-refractivity contribution in [2.45, 2.75) is 42.2 Å². The standard InChI is InChI=1S/C14H17BrO2S/c15-11-7-4-8-12(9-11)18-13(14(16)17)10-5-2-1-3-6-10/h4,7-10,13H,1-3,5-6H2,(H,16,17). The quantitative estimate of drug-likeness (QED) is 0.822. The third kappa shape index (κ3) is 3.75. The van der Waals surface area contributed by atoms with Crippen LogP contribution >= 0.6 is 27.7 Å². The van der Waals surface area contributed by atoms with Crippen LogP contribution in [0.3, 0.4) is 0 Å². The molecule has 1 saturated carbocycles. The summed E-state index contributed by atoms with van der Waals surface area (Å²) in [6.07, 6.45) is 5.71. The monoisotopic (exact) mass is 328 g/mol. The Hall–Kier alpha value is -0.480. The molecular weight excluding hydrogens is 312 g/mol. The fourth-order valence-corrected chi connectivity index (χ4v) is 4.23. The van der Waals surface area contributed by atoms with Gasteiger partial charge in [-0.25, -0.2) is 0 Å². The molecule has 0 aliphatic heterocycles. The molecule has 0 amide bonds. The summed E-state index contributed by atoms with van der Waals surface area (Å²) in [6, 6.07) is 7.88. The molecule has 1 unspecified atom stereocenters. The maximum absolute atomic E-state index is 11.5. The van der Waals surface area contributed by atoms with Crippen molar-refractivity contribution < 1.29 is 9.90 Å². The first-order valence-electron chi connectivity index (χ1n) is 6.32. The average Bonchev–Trinajstić information content (AvgIpc) is 2.37. The highest BCUT2D eigenvalue weighted by atomic mass is 79.9. The molecule has 0 radical (unpaired) electrons. The van der Waals surface area contributed by atoms with E-state index in [4.69, 9.17) is 0 Å². The molecule has 0 aromatic heterocycles. The van der Waals surface area contributed by atoms with E-state index in [0.717, 1.165) is 22.2 Å². The van der Waals surface area contributed by atoms with Gasteiger partial charge in [0, 0.05) is 9.37 Å². The Morgan fingerprint density at radius 3 is 2.67 bits per heavy atom. The van der Waals surface area contributed by atoms with Gasteiger partial charge in [-0.15, -0.1) is 11.8 Å². The van der Waals surface area contributed by atoms with Crippen molar-refractivity contribution in [1.82, 2.24) is 0 Å². The highest BCUT2D eigenvalue weighted by Crippen LogP contribution is 2.36. The Bertz CT molecular complexity index is 416. The lowest BCUT2D eigenvalue weighted by Gasteiger charge is -2.27. The molecule has 1 aromatic rings. The molecular formula is C14H17BrO2S. The molecule has 1 aromatic carbocycles. The van der Waals surface area contributed by atoms with Crippen molar-refractivity contribution in [3.63, 3.8) is 0 Å². The number of hydrogen-bond acceptors (Lipinski definition) is 2. The molecule has 2 rings (SSSR count). The van der Waals surface area contributed by atoms with Crippen LogP contribution in [0.4, 0.5) is 0 Å². The lowest BCUT2D eigenvalue weighted by atomic mass is 9.87. The Morgan fingerprint density at radius 2 is 2.06 bits per heavy atom. The minimum absolute atomic E-state index is 0.306. The van der Waals surface area contributed by atoms with E-state index in [9.17, 15) is 9.90 Å². The van der Waals surface area contributed by atoms with E-state index in [0.29, 0.717) is 5.92 Å². The second kappa shape index (κ2) is 6.62. The van der Waals surface area contributed by atoms with Gasteiger partial charge < -0.3 is 5.11 Å². The fourth-order valence-electron chi connectivity index (χ4n) is 2.47. The van der Waals surface area contributed by atoms with Crippen LogP contribution in [-0.2, 0) is 4.79 Å². The number of carboxylic acid groups (broad SMARTS) is 1. The molecule has 0 saturated heterocycles. The van der Waals surface area contributed by atoms with Crippen molar-refractivity contribution >= 4 is 33.7 Å². The van der Waals surface area contributed by atoms with Crippen molar-refractivity contribution in [1.29, 1.82) is 0 Å². The SMILES string of the molecule is O=C(O)C(Sc1cccc(Br)c1)C1CCCCC1. The van der Waals surface area contributed by atoms with Crippen LogP contribution in [-0.4, -0.2) is 16.3 Å². The fraction of sp³-hybridized carbons (Fsp3) is 0.500. The van der Waals surface area contributed by atoms with Gasteiger partial charge in [0.2, 0.25) is 0 Å². The van der Waals surface area contributed by atoms with Crippen LogP contribution in [0.2, 0.25) is 0 Å². The van der Waals surface area contributed by atoms with Gasteiger partial charge in [0.25, 0.3) is 0 Å². The Labute approximate surface area is 120 Å². The summed E-state index contributed by atoms with van der Waals surface area (Å²) < 4.78 is 1.00. The Morgan fingerprint density at radius 1 is 1.33 bits per heavy atom. The number of hydrogen-bond donors (Lipinski definition) is 1. The number of rotatable bonds is 4. The number of carboxylic acids is 1. The van der Waals surface area contributed by atoms with Crippen LogP contribution in [0.5, 0.6) is 0 Å². The smallest absolute Gasteiger partial charge is 0.317 e. The maximum Gasteiger partial charge on any atom is 0.317 e. The summed E-state index contributed by atoms with van der Waals surface area (Å²) in [5.41, 5.74) is 0. The van der Waals surface area contributed by atoms with E-state index in [1.165, 1.54) is 31.0 Å². The molecule has 0 spiro atoms. The first kappa shape index (κ1) is 13.9. The molecule has 1 fully saturated rings. The Kier molecular flexibility index (Phi) is 5.13. The summed E-state index contributed by atoms with van der Waals surface area (Å²) in [7, 11) is 0. The molecule has 98 valence electrons. The van der Waals surface area contributed by atoms with Gasteiger partial charge >= 0.3 is 5.97 Å². The van der Waals surface area contributed by atoms with Gasteiger partial charge in [-0.1, -0.05) is 41.3 Å². The zero-order valence-corrected chi connectivity index (χ0v) is 12.5. The van der Waals surface area contributed by atoms with Crippen LogP contribution in [0.1, 0.15) is 32.1 Å². The molecule has 1 aliphatic rings. The average molecular weight is 329 g/mol. The number of halogens is 1. The summed E-state index contributed by atoms with van der Waals surface area (Å²) in [5, 5.41) is 9.12. The van der Waals surface area contributed by atoms with Crippen molar-refractivity contribution in [3.8, 4) is 0 Å². The van der Waals surface area contributed by atoms with Gasteiger partial charge in [-0.2, -0.15) is 0 Å². The van der Waals surface area contributed by atoms with E-state index in [-0.39, 0.29) is 5.25 Å². The molecule has 2 nitrogen and oxygen atoms in total. The predicted octanol–water partition coefficient (Wildman–Crippen LogP) is 4.57. The first-order valence-corrected chi connectivity index (χ1v) is 7.99. The third-order valence-electron chi connectivity index (χ3n) is 3.38. The lowest BCUT2D eigenvalue weighted by molar-refractivity contribution is -0.137. The minimum atomic E-state index is -0.674. The third-order valence-corrected chi connectivity index (χ3v) is 5.24. The number of thioether (sulfide) groups is 1. The van der Waals surface area contributed by atoms with Crippen LogP contribution in [0.15, 0.2) is 33.6 Å². The zero-order valence-electron chi connectivity index (χ0n) is 10.1. The van der Waals surface area contributed by atoms with Crippen molar-refractivity contribution in [2.24, 2.45) is 5.92 Å². The molecule has 1 atom stereocenters. The number of aliphatic carboxylic acids is 1. The normalized spacial score (nSPS) is 18.5. The first-order chi connectivity index (χ1) is 8.66. The largest absolute Gasteiger partial charge is 0.480 e. The maximum atomic E-state index is 11.5. The van der Waals surface area contributed by atoms with E-state index >= 15 is 0 Å². The van der Waals surface area contributed by atoms with Gasteiger partial charge in [-0.05, 0) is 37.0 Å². The van der Waals surface area contributed by atoms with Gasteiger partial charge in [0.15, 0.2) is 0 Å². The molecule has 4 heteroatoms. The minimum Gasteiger partial charge on any atom is -0.480 e. The van der Waals surface area contributed by atoms with Crippen LogP contribution in [0.25, 0.3) is 0 Å². The van der Waals surface area contributed by atoms with Gasteiger partial charge in [-0.3, -0.25) is 4.79 Å². The zero-order chi connectivity index (χ0) is 13.0.